The number of hydrogen-bond donors (Lipinski definition) is 1. The zero-order valence-electron chi connectivity index (χ0n) is 20.5. The highest BCUT2D eigenvalue weighted by atomic mass is 16.6. The van der Waals surface area contributed by atoms with Gasteiger partial charge < -0.3 is 9.84 Å². The molecule has 0 saturated carbocycles. The van der Waals surface area contributed by atoms with Gasteiger partial charge in [0.1, 0.15) is 5.60 Å². The normalized spacial score (nSPS) is 25.4. The van der Waals surface area contributed by atoms with Crippen molar-refractivity contribution in [3.8, 4) is 0 Å². The number of ether oxygens (including phenoxy) is 1. The molecule has 1 amide bonds. The zero-order chi connectivity index (χ0) is 22.3. The van der Waals surface area contributed by atoms with E-state index in [2.05, 4.69) is 54.5 Å². The van der Waals surface area contributed by atoms with E-state index in [0.717, 1.165) is 6.42 Å². The van der Waals surface area contributed by atoms with E-state index in [9.17, 15) is 9.90 Å². The molecule has 0 aromatic heterocycles. The fourth-order valence-corrected chi connectivity index (χ4v) is 5.27. The van der Waals surface area contributed by atoms with Gasteiger partial charge in [0.25, 0.3) is 0 Å². The molecule has 164 valence electrons. The first-order valence-electron chi connectivity index (χ1n) is 10.6. The molecule has 0 saturated heterocycles. The Hall–Kier alpha value is -1.03. The summed E-state index contributed by atoms with van der Waals surface area (Å²) in [6.07, 6.45) is 3.59. The number of hydrogen-bond acceptors (Lipinski definition) is 3. The second-order valence-corrected chi connectivity index (χ2v) is 12.4. The minimum atomic E-state index is -0.740. The Morgan fingerprint density at radius 1 is 1.14 bits per heavy atom. The summed E-state index contributed by atoms with van der Waals surface area (Å²) in [6, 6.07) is 0. The molecule has 0 aliphatic carbocycles. The van der Waals surface area contributed by atoms with Crippen LogP contribution in [0.5, 0.6) is 0 Å². The number of nitrogens with zero attached hydrogens (tertiary/aromatic N) is 1. The van der Waals surface area contributed by atoms with Gasteiger partial charge in [0, 0.05) is 12.1 Å². The second kappa shape index (κ2) is 7.66. The molecule has 0 spiro atoms. The molecule has 4 heteroatoms. The van der Waals surface area contributed by atoms with Gasteiger partial charge in [0.15, 0.2) is 0 Å². The van der Waals surface area contributed by atoms with Gasteiger partial charge in [0.2, 0.25) is 0 Å². The van der Waals surface area contributed by atoms with E-state index in [0.29, 0.717) is 13.0 Å². The van der Waals surface area contributed by atoms with Crippen LogP contribution in [0.2, 0.25) is 0 Å². The van der Waals surface area contributed by atoms with Crippen LogP contribution < -0.4 is 0 Å². The molecule has 1 aliphatic heterocycles. The van der Waals surface area contributed by atoms with Crippen LogP contribution >= 0.6 is 0 Å². The summed E-state index contributed by atoms with van der Waals surface area (Å²) in [4.78, 5) is 14.9. The van der Waals surface area contributed by atoms with E-state index in [1.165, 1.54) is 5.57 Å². The fraction of sp³-hybridized carbons (Fsp3) is 0.875. The van der Waals surface area contributed by atoms with Gasteiger partial charge in [-0.2, -0.15) is 0 Å². The van der Waals surface area contributed by atoms with E-state index in [1.54, 1.807) is 0 Å². The molecule has 0 radical (unpaired) electrons. The number of carbonyl (C=O) groups is 1. The molecule has 1 rings (SSSR count). The molecule has 0 aromatic carbocycles. The van der Waals surface area contributed by atoms with Crippen LogP contribution in [0.4, 0.5) is 4.79 Å². The number of rotatable bonds is 3. The van der Waals surface area contributed by atoms with E-state index >= 15 is 0 Å². The van der Waals surface area contributed by atoms with Crippen LogP contribution in [0.3, 0.4) is 0 Å². The van der Waals surface area contributed by atoms with Crippen LogP contribution in [0.1, 0.15) is 95.9 Å². The summed E-state index contributed by atoms with van der Waals surface area (Å²) in [5.41, 5.74) is -0.603. The third-order valence-corrected chi connectivity index (χ3v) is 5.80. The Labute approximate surface area is 173 Å². The Kier molecular flexibility index (Phi) is 6.84. The van der Waals surface area contributed by atoms with Crippen molar-refractivity contribution in [2.75, 3.05) is 6.54 Å². The highest BCUT2D eigenvalue weighted by Gasteiger charge is 2.48. The number of amides is 1. The van der Waals surface area contributed by atoms with Crippen molar-refractivity contribution in [2.24, 2.45) is 16.7 Å². The molecule has 1 atom stereocenters. The van der Waals surface area contributed by atoms with Crippen molar-refractivity contribution < 1.29 is 14.6 Å². The number of carbonyl (C=O) groups excluding carboxylic acids is 1. The lowest BCUT2D eigenvalue weighted by Gasteiger charge is -2.52. The predicted octanol–water partition coefficient (Wildman–Crippen LogP) is 6.18. The molecule has 4 nitrogen and oxygen atoms in total. The van der Waals surface area contributed by atoms with E-state index in [-0.39, 0.29) is 28.4 Å². The van der Waals surface area contributed by atoms with Crippen LogP contribution in [0.15, 0.2) is 11.6 Å². The SMILES string of the molecule is C/C1=C\C(C)(C)C(C(C)(C)CC(C)(C)O)CC(C)(C)N(C(=O)OC(C)(C)C)C1. The monoisotopic (exact) mass is 395 g/mol. The Bertz CT molecular complexity index is 600. The third-order valence-electron chi connectivity index (χ3n) is 5.80. The topological polar surface area (TPSA) is 49.8 Å². The summed E-state index contributed by atoms with van der Waals surface area (Å²) in [5.74, 6) is 0.279. The zero-order valence-corrected chi connectivity index (χ0v) is 20.5. The molecule has 0 bridgehead atoms. The Balaban J connectivity index is 3.40. The van der Waals surface area contributed by atoms with E-state index in [1.807, 2.05) is 39.5 Å². The molecule has 1 heterocycles. The molecule has 28 heavy (non-hydrogen) atoms. The predicted molar refractivity (Wildman–Crippen MR) is 117 cm³/mol. The van der Waals surface area contributed by atoms with Gasteiger partial charge in [-0.1, -0.05) is 39.3 Å². The highest BCUT2D eigenvalue weighted by Crippen LogP contribution is 2.51. The van der Waals surface area contributed by atoms with Gasteiger partial charge >= 0.3 is 6.09 Å². The average molecular weight is 396 g/mol. The smallest absolute Gasteiger partial charge is 0.411 e. The van der Waals surface area contributed by atoms with Crippen molar-refractivity contribution in [1.29, 1.82) is 0 Å². The van der Waals surface area contributed by atoms with Gasteiger partial charge in [0.05, 0.1) is 5.60 Å². The average Bonchev–Trinajstić information content (AvgIpc) is 2.35. The Morgan fingerprint density at radius 3 is 2.07 bits per heavy atom. The first-order valence-corrected chi connectivity index (χ1v) is 10.6. The summed E-state index contributed by atoms with van der Waals surface area (Å²) in [6.45, 7) is 25.5. The molecular weight excluding hydrogens is 350 g/mol. The lowest BCUT2D eigenvalue weighted by Crippen LogP contribution is -2.55. The summed E-state index contributed by atoms with van der Waals surface area (Å²) < 4.78 is 5.73. The van der Waals surface area contributed by atoms with Crippen molar-refractivity contribution >= 4 is 6.09 Å². The second-order valence-electron chi connectivity index (χ2n) is 12.4. The highest BCUT2D eigenvalue weighted by molar-refractivity contribution is 5.69. The van der Waals surface area contributed by atoms with E-state index < -0.39 is 11.2 Å². The standard InChI is InChI=1S/C24H45NO3/c1-17-13-21(5,6)18(22(7,8)16-24(11,12)27)14-23(9,10)25(15-17)19(26)28-20(2,3)4/h13,18,27H,14-16H2,1-12H3/b17-13+. The molecule has 1 unspecified atom stereocenters. The largest absolute Gasteiger partial charge is 0.444 e. The van der Waals surface area contributed by atoms with Crippen molar-refractivity contribution in [2.45, 2.75) is 113 Å². The fourth-order valence-electron chi connectivity index (χ4n) is 5.27. The van der Waals surface area contributed by atoms with Crippen molar-refractivity contribution in [1.82, 2.24) is 4.90 Å². The minimum absolute atomic E-state index is 0.0455. The van der Waals surface area contributed by atoms with Gasteiger partial charge in [-0.3, -0.25) is 4.90 Å². The lowest BCUT2D eigenvalue weighted by atomic mass is 9.57. The van der Waals surface area contributed by atoms with E-state index in [4.69, 9.17) is 4.74 Å². The van der Waals surface area contributed by atoms with Crippen molar-refractivity contribution in [3.63, 3.8) is 0 Å². The maximum absolute atomic E-state index is 13.0. The lowest BCUT2D eigenvalue weighted by molar-refractivity contribution is -0.0421. The Morgan fingerprint density at radius 2 is 1.64 bits per heavy atom. The summed E-state index contributed by atoms with van der Waals surface area (Å²) >= 11 is 0. The van der Waals surface area contributed by atoms with Gasteiger partial charge in [-0.25, -0.2) is 4.79 Å². The van der Waals surface area contributed by atoms with Crippen molar-refractivity contribution in [3.05, 3.63) is 11.6 Å². The van der Waals surface area contributed by atoms with Crippen LogP contribution in [0, 0.1) is 16.7 Å². The summed E-state index contributed by atoms with van der Waals surface area (Å²) in [7, 11) is 0. The molecule has 0 fully saturated rings. The third kappa shape index (κ3) is 6.79. The molecule has 1 aliphatic rings. The first-order chi connectivity index (χ1) is 12.2. The van der Waals surface area contributed by atoms with Gasteiger partial charge in [-0.05, 0) is 85.0 Å². The molecular formula is C24H45NO3. The first kappa shape index (κ1) is 25.0. The maximum Gasteiger partial charge on any atom is 0.411 e. The van der Waals surface area contributed by atoms with Crippen LogP contribution in [-0.2, 0) is 4.74 Å². The molecule has 0 aromatic rings. The van der Waals surface area contributed by atoms with Gasteiger partial charge in [-0.15, -0.1) is 0 Å². The number of allylic oxidation sites excluding steroid dienone is 1. The maximum atomic E-state index is 13.0. The minimum Gasteiger partial charge on any atom is -0.444 e. The number of aliphatic hydroxyl groups is 1. The summed E-state index contributed by atoms with van der Waals surface area (Å²) in [5, 5.41) is 10.5. The van der Waals surface area contributed by atoms with Crippen LogP contribution in [-0.4, -0.2) is 39.4 Å². The molecule has 1 N–H and O–H groups in total. The van der Waals surface area contributed by atoms with Crippen LogP contribution in [0.25, 0.3) is 0 Å². The quantitative estimate of drug-likeness (QED) is 0.580.